The maximum atomic E-state index is 14.4. The summed E-state index contributed by atoms with van der Waals surface area (Å²) in [4.78, 5) is 14.9. The van der Waals surface area contributed by atoms with Gasteiger partial charge < -0.3 is 5.32 Å². The average molecular weight is 443 g/mol. The van der Waals surface area contributed by atoms with Gasteiger partial charge in [-0.2, -0.15) is 5.10 Å². The highest BCUT2D eigenvalue weighted by atomic mass is 32.2. The quantitative estimate of drug-likeness (QED) is 0.435. The van der Waals surface area contributed by atoms with E-state index in [9.17, 15) is 22.0 Å². The highest BCUT2D eigenvalue weighted by Crippen LogP contribution is 2.29. The summed E-state index contributed by atoms with van der Waals surface area (Å²) in [5, 5.41) is 9.73. The Hall–Kier alpha value is -3.86. The van der Waals surface area contributed by atoms with Crippen molar-refractivity contribution >= 4 is 38.5 Å². The van der Waals surface area contributed by atoms with Crippen LogP contribution in [0.5, 0.6) is 0 Å². The largest absolute Gasteiger partial charge is 0.311 e. The molecule has 0 radical (unpaired) electrons. The topological polar surface area (TPSA) is 117 Å². The molecule has 0 aliphatic carbocycles. The highest BCUT2D eigenvalue weighted by Gasteiger charge is 2.21. The Morgan fingerprint density at radius 2 is 1.87 bits per heavy atom. The average Bonchev–Trinajstić information content (AvgIpc) is 3.09. The molecule has 0 aliphatic heterocycles. The summed E-state index contributed by atoms with van der Waals surface area (Å²) >= 11 is 0. The van der Waals surface area contributed by atoms with E-state index < -0.39 is 26.6 Å². The first kappa shape index (κ1) is 20.4. The van der Waals surface area contributed by atoms with E-state index in [-0.39, 0.29) is 11.6 Å². The molecule has 0 fully saturated rings. The van der Waals surface area contributed by atoms with Crippen LogP contribution in [0.4, 0.5) is 20.3 Å². The van der Waals surface area contributed by atoms with Crippen molar-refractivity contribution in [2.45, 2.75) is 11.8 Å². The van der Waals surface area contributed by atoms with Gasteiger partial charge in [-0.1, -0.05) is 12.1 Å². The van der Waals surface area contributed by atoms with Crippen molar-refractivity contribution in [2.24, 2.45) is 0 Å². The van der Waals surface area contributed by atoms with Crippen molar-refractivity contribution in [3.8, 4) is 11.1 Å². The lowest BCUT2D eigenvalue weighted by atomic mass is 10.1. The maximum Gasteiger partial charge on any atom is 0.264 e. The van der Waals surface area contributed by atoms with Crippen LogP contribution in [0.25, 0.3) is 22.2 Å². The third kappa shape index (κ3) is 4.21. The standard InChI is InChI=1S/C20H15F2N5O3S/c1-11(28)24-20-16-7-13(10-23-19(16)25-26-20)12-5-6-17(22)18(8-12)31(29,30)27-15-4-2-3-14(21)9-15/h2-10,27H,1H3,(H2,23,24,25,26,28). The fourth-order valence-electron chi connectivity index (χ4n) is 2.98. The van der Waals surface area contributed by atoms with Gasteiger partial charge in [0.2, 0.25) is 5.91 Å². The highest BCUT2D eigenvalue weighted by molar-refractivity contribution is 7.92. The van der Waals surface area contributed by atoms with Gasteiger partial charge in [-0.15, -0.1) is 0 Å². The van der Waals surface area contributed by atoms with Crippen LogP contribution in [-0.4, -0.2) is 29.5 Å². The fraction of sp³-hybridized carbons (Fsp3) is 0.0500. The number of carbonyl (C=O) groups excluding carboxylic acids is 1. The number of aromatic nitrogens is 3. The van der Waals surface area contributed by atoms with E-state index in [4.69, 9.17) is 0 Å². The second kappa shape index (κ2) is 7.76. The Labute approximate surface area is 175 Å². The number of nitrogens with one attached hydrogen (secondary N) is 3. The van der Waals surface area contributed by atoms with Gasteiger partial charge >= 0.3 is 0 Å². The van der Waals surface area contributed by atoms with Crippen molar-refractivity contribution in [1.82, 2.24) is 15.2 Å². The predicted octanol–water partition coefficient (Wildman–Crippen LogP) is 3.66. The summed E-state index contributed by atoms with van der Waals surface area (Å²) in [6.07, 6.45) is 1.45. The Bertz CT molecular complexity index is 1420. The van der Waals surface area contributed by atoms with Crippen LogP contribution in [0.2, 0.25) is 0 Å². The van der Waals surface area contributed by atoms with Crippen LogP contribution < -0.4 is 10.0 Å². The third-order valence-corrected chi connectivity index (χ3v) is 5.74. The lowest BCUT2D eigenvalue weighted by Gasteiger charge is -2.11. The zero-order chi connectivity index (χ0) is 22.2. The SMILES string of the molecule is CC(=O)Nc1[nH]nc2ncc(-c3ccc(F)c(S(=O)(=O)Nc4cccc(F)c4)c3)cc12. The number of amides is 1. The number of aromatic amines is 1. The minimum Gasteiger partial charge on any atom is -0.311 e. The molecule has 0 unspecified atom stereocenters. The van der Waals surface area contributed by atoms with E-state index in [0.29, 0.717) is 28.0 Å². The Morgan fingerprint density at radius 1 is 1.06 bits per heavy atom. The normalized spacial score (nSPS) is 11.5. The van der Waals surface area contributed by atoms with E-state index in [1.54, 1.807) is 6.07 Å². The van der Waals surface area contributed by atoms with Crippen molar-refractivity contribution in [3.63, 3.8) is 0 Å². The van der Waals surface area contributed by atoms with Gasteiger partial charge in [-0.3, -0.25) is 14.6 Å². The number of H-pyrrole nitrogens is 1. The van der Waals surface area contributed by atoms with Crippen LogP contribution in [-0.2, 0) is 14.8 Å². The number of nitrogens with zero attached hydrogens (tertiary/aromatic N) is 2. The monoisotopic (exact) mass is 443 g/mol. The number of carbonyl (C=O) groups is 1. The van der Waals surface area contributed by atoms with Crippen molar-refractivity contribution < 1.29 is 22.0 Å². The number of anilines is 2. The predicted molar refractivity (Wildman–Crippen MR) is 111 cm³/mol. The molecule has 2 aromatic heterocycles. The lowest BCUT2D eigenvalue weighted by Crippen LogP contribution is -2.14. The Morgan fingerprint density at radius 3 is 2.61 bits per heavy atom. The molecular formula is C20H15F2N5O3S. The van der Waals surface area contributed by atoms with Crippen LogP contribution >= 0.6 is 0 Å². The molecule has 2 aromatic carbocycles. The summed E-state index contributed by atoms with van der Waals surface area (Å²) < 4.78 is 55.4. The summed E-state index contributed by atoms with van der Waals surface area (Å²) in [6.45, 7) is 1.34. The van der Waals surface area contributed by atoms with E-state index >= 15 is 0 Å². The number of halogens is 2. The summed E-state index contributed by atoms with van der Waals surface area (Å²) in [5.41, 5.74) is 1.15. The second-order valence-corrected chi connectivity index (χ2v) is 8.29. The molecule has 0 saturated carbocycles. The van der Waals surface area contributed by atoms with Crippen LogP contribution in [0.15, 0.2) is 59.6 Å². The molecule has 158 valence electrons. The Kier molecular flexibility index (Phi) is 5.11. The van der Waals surface area contributed by atoms with Crippen molar-refractivity contribution in [3.05, 3.63) is 66.4 Å². The molecule has 3 N–H and O–H groups in total. The molecule has 0 saturated heterocycles. The smallest absolute Gasteiger partial charge is 0.264 e. The van der Waals surface area contributed by atoms with Crippen molar-refractivity contribution in [1.29, 1.82) is 0 Å². The summed E-state index contributed by atoms with van der Waals surface area (Å²) in [6, 6.07) is 10.0. The molecule has 4 rings (SSSR count). The molecular weight excluding hydrogens is 428 g/mol. The molecule has 31 heavy (non-hydrogen) atoms. The van der Waals surface area contributed by atoms with Gasteiger partial charge in [0.05, 0.1) is 11.1 Å². The molecule has 0 spiro atoms. The number of benzene rings is 2. The van der Waals surface area contributed by atoms with Gasteiger partial charge in [0.25, 0.3) is 10.0 Å². The number of pyridine rings is 1. The van der Waals surface area contributed by atoms with E-state index in [0.717, 1.165) is 24.3 Å². The van der Waals surface area contributed by atoms with Crippen LogP contribution in [0.1, 0.15) is 6.92 Å². The lowest BCUT2D eigenvalue weighted by molar-refractivity contribution is -0.114. The van der Waals surface area contributed by atoms with E-state index in [1.807, 2.05) is 0 Å². The maximum absolute atomic E-state index is 14.4. The molecule has 4 aromatic rings. The minimum absolute atomic E-state index is 0.0359. The summed E-state index contributed by atoms with van der Waals surface area (Å²) in [7, 11) is -4.33. The first-order chi connectivity index (χ1) is 14.7. The van der Waals surface area contributed by atoms with Gasteiger partial charge in [0, 0.05) is 18.7 Å². The molecule has 1 amide bonds. The number of rotatable bonds is 5. The number of sulfonamides is 1. The fourth-order valence-corrected chi connectivity index (χ4v) is 4.13. The van der Waals surface area contributed by atoms with Gasteiger partial charge in [-0.05, 0) is 42.0 Å². The minimum atomic E-state index is -4.33. The third-order valence-electron chi connectivity index (χ3n) is 4.34. The van der Waals surface area contributed by atoms with Crippen LogP contribution in [0.3, 0.4) is 0 Å². The van der Waals surface area contributed by atoms with Gasteiger partial charge in [-0.25, -0.2) is 22.2 Å². The van der Waals surface area contributed by atoms with E-state index in [1.165, 1.54) is 31.3 Å². The number of fused-ring (bicyclic) bond motifs is 1. The summed E-state index contributed by atoms with van der Waals surface area (Å²) in [5.74, 6) is -1.58. The van der Waals surface area contributed by atoms with Gasteiger partial charge in [0.1, 0.15) is 22.3 Å². The molecule has 0 aliphatic rings. The first-order valence-electron chi connectivity index (χ1n) is 8.93. The zero-order valence-corrected chi connectivity index (χ0v) is 16.8. The molecule has 11 heteroatoms. The molecule has 2 heterocycles. The number of hydrogen-bond donors (Lipinski definition) is 3. The van der Waals surface area contributed by atoms with Gasteiger partial charge in [0.15, 0.2) is 5.65 Å². The van der Waals surface area contributed by atoms with E-state index in [2.05, 4.69) is 25.2 Å². The molecule has 0 bridgehead atoms. The first-order valence-corrected chi connectivity index (χ1v) is 10.4. The Balaban J connectivity index is 1.74. The molecule has 0 atom stereocenters. The zero-order valence-electron chi connectivity index (χ0n) is 16.0. The molecule has 8 nitrogen and oxygen atoms in total. The van der Waals surface area contributed by atoms with Crippen LogP contribution in [0, 0.1) is 11.6 Å². The second-order valence-electron chi connectivity index (χ2n) is 6.64. The van der Waals surface area contributed by atoms with Crippen molar-refractivity contribution in [2.75, 3.05) is 10.0 Å². The number of hydrogen-bond acceptors (Lipinski definition) is 5.